The summed E-state index contributed by atoms with van der Waals surface area (Å²) in [5, 5.41) is 1.21. The molecule has 23 heavy (non-hydrogen) atoms. The Labute approximate surface area is 136 Å². The van der Waals surface area contributed by atoms with Gasteiger partial charge in [0.05, 0.1) is 10.8 Å². The fraction of sp³-hybridized carbons (Fsp3) is 0.250. The van der Waals surface area contributed by atoms with Gasteiger partial charge in [-0.2, -0.15) is 0 Å². The van der Waals surface area contributed by atoms with Crippen LogP contribution in [0, 0.1) is 11.8 Å². The van der Waals surface area contributed by atoms with Gasteiger partial charge in [0.2, 0.25) is 5.43 Å². The van der Waals surface area contributed by atoms with Crippen molar-refractivity contribution in [2.75, 3.05) is 21.1 Å². The number of para-hydroxylation sites is 1. The molecule has 0 fully saturated rings. The molecule has 0 aliphatic carbocycles. The van der Waals surface area contributed by atoms with Crippen molar-refractivity contribution in [1.29, 1.82) is 0 Å². The standard InChI is InChI=1S/C17H12O2.C3H9N/c1-2-3-6-12-9-10-14-16(11-12)19-15-8-5-4-7-13(15)17(14)18;1-4(2)3/h4-5,7-11H,2H2,1H3;1-3H3. The van der Waals surface area contributed by atoms with E-state index in [1.54, 1.807) is 18.2 Å². The zero-order chi connectivity index (χ0) is 16.8. The SMILES string of the molecule is CCC#Cc1ccc2c(=O)c3ccccc3oc2c1.CN(C)C. The van der Waals surface area contributed by atoms with Gasteiger partial charge in [0, 0.05) is 12.0 Å². The number of rotatable bonds is 0. The summed E-state index contributed by atoms with van der Waals surface area (Å²) in [6.07, 6.45) is 0.805. The van der Waals surface area contributed by atoms with E-state index in [2.05, 4.69) is 11.8 Å². The molecule has 0 unspecified atom stereocenters. The highest BCUT2D eigenvalue weighted by Gasteiger charge is 2.06. The topological polar surface area (TPSA) is 33.5 Å². The summed E-state index contributed by atoms with van der Waals surface area (Å²) in [4.78, 5) is 14.3. The maximum atomic E-state index is 12.3. The summed E-state index contributed by atoms with van der Waals surface area (Å²) in [5.74, 6) is 6.05. The van der Waals surface area contributed by atoms with Gasteiger partial charge in [-0.1, -0.05) is 30.9 Å². The van der Waals surface area contributed by atoms with Gasteiger partial charge in [-0.05, 0) is 51.5 Å². The third kappa shape index (κ3) is 4.21. The molecule has 2 aromatic carbocycles. The molecule has 3 nitrogen and oxygen atoms in total. The van der Waals surface area contributed by atoms with E-state index in [0.29, 0.717) is 21.9 Å². The molecule has 0 aliphatic heterocycles. The second kappa shape index (κ2) is 7.62. The first kappa shape index (κ1) is 16.8. The lowest BCUT2D eigenvalue weighted by Gasteiger charge is -2.01. The van der Waals surface area contributed by atoms with Crippen molar-refractivity contribution in [2.45, 2.75) is 13.3 Å². The molecule has 0 atom stereocenters. The fourth-order valence-corrected chi connectivity index (χ4v) is 2.07. The van der Waals surface area contributed by atoms with Crippen LogP contribution in [-0.2, 0) is 0 Å². The predicted octanol–water partition coefficient (Wildman–Crippen LogP) is 3.89. The molecule has 3 heteroatoms. The predicted molar refractivity (Wildman–Crippen MR) is 96.8 cm³/mol. The molecule has 0 N–H and O–H groups in total. The van der Waals surface area contributed by atoms with E-state index in [1.165, 1.54) is 0 Å². The summed E-state index contributed by atoms with van der Waals surface area (Å²) in [7, 11) is 6.00. The zero-order valence-electron chi connectivity index (χ0n) is 14.0. The van der Waals surface area contributed by atoms with E-state index in [9.17, 15) is 4.79 Å². The number of benzene rings is 2. The first-order chi connectivity index (χ1) is 11.0. The quantitative estimate of drug-likeness (QED) is 0.467. The minimum Gasteiger partial charge on any atom is -0.456 e. The zero-order valence-corrected chi connectivity index (χ0v) is 14.0. The van der Waals surface area contributed by atoms with Crippen molar-refractivity contribution in [3.63, 3.8) is 0 Å². The lowest BCUT2D eigenvalue weighted by molar-refractivity contribution is 0.505. The van der Waals surface area contributed by atoms with E-state index in [1.807, 2.05) is 57.2 Å². The maximum Gasteiger partial charge on any atom is 0.200 e. The summed E-state index contributed by atoms with van der Waals surface area (Å²) in [5.41, 5.74) is 2.08. The molecule has 3 rings (SSSR count). The Morgan fingerprint density at radius 1 is 1.00 bits per heavy atom. The molecule has 0 radical (unpaired) electrons. The van der Waals surface area contributed by atoms with Crippen LogP contribution >= 0.6 is 0 Å². The minimum atomic E-state index is 0.00634. The average Bonchev–Trinajstić information content (AvgIpc) is 2.52. The summed E-state index contributed by atoms with van der Waals surface area (Å²) in [6.45, 7) is 2.00. The highest BCUT2D eigenvalue weighted by molar-refractivity contribution is 5.90. The molecule has 3 aromatic rings. The van der Waals surface area contributed by atoms with Crippen molar-refractivity contribution in [2.24, 2.45) is 0 Å². The maximum absolute atomic E-state index is 12.3. The molecular formula is C20H21NO2. The molecule has 1 aromatic heterocycles. The van der Waals surface area contributed by atoms with Gasteiger partial charge in [0.15, 0.2) is 0 Å². The normalized spacial score (nSPS) is 10.1. The van der Waals surface area contributed by atoms with Crippen LogP contribution in [0.1, 0.15) is 18.9 Å². The van der Waals surface area contributed by atoms with Gasteiger partial charge in [-0.3, -0.25) is 4.79 Å². The molecule has 0 spiro atoms. The first-order valence-electron chi connectivity index (χ1n) is 7.58. The summed E-state index contributed by atoms with van der Waals surface area (Å²) < 4.78 is 5.78. The number of hydrogen-bond acceptors (Lipinski definition) is 3. The molecule has 0 aliphatic rings. The molecule has 0 amide bonds. The number of hydrogen-bond donors (Lipinski definition) is 0. The summed E-state index contributed by atoms with van der Waals surface area (Å²) >= 11 is 0. The largest absolute Gasteiger partial charge is 0.456 e. The van der Waals surface area contributed by atoms with Gasteiger partial charge in [-0.15, -0.1) is 0 Å². The van der Waals surface area contributed by atoms with Gasteiger partial charge in [0.1, 0.15) is 11.2 Å². The second-order valence-electron chi connectivity index (χ2n) is 5.64. The van der Waals surface area contributed by atoms with E-state index in [-0.39, 0.29) is 5.43 Å². The molecule has 0 bridgehead atoms. The second-order valence-corrected chi connectivity index (χ2v) is 5.64. The lowest BCUT2D eigenvalue weighted by Crippen LogP contribution is -2.01. The van der Waals surface area contributed by atoms with Crippen LogP contribution in [0.3, 0.4) is 0 Å². The Kier molecular flexibility index (Phi) is 5.56. The lowest BCUT2D eigenvalue weighted by atomic mass is 10.1. The average molecular weight is 307 g/mol. The van der Waals surface area contributed by atoms with Crippen molar-refractivity contribution < 1.29 is 4.42 Å². The number of nitrogens with zero attached hydrogens (tertiary/aromatic N) is 1. The van der Waals surface area contributed by atoms with E-state index < -0.39 is 0 Å². The van der Waals surface area contributed by atoms with Gasteiger partial charge in [0.25, 0.3) is 0 Å². The van der Waals surface area contributed by atoms with Crippen LogP contribution in [0.4, 0.5) is 0 Å². The van der Waals surface area contributed by atoms with Crippen LogP contribution < -0.4 is 5.43 Å². The minimum absolute atomic E-state index is 0.00634. The van der Waals surface area contributed by atoms with Crippen molar-refractivity contribution >= 4 is 21.9 Å². The van der Waals surface area contributed by atoms with E-state index >= 15 is 0 Å². The molecular weight excluding hydrogens is 286 g/mol. The summed E-state index contributed by atoms with van der Waals surface area (Å²) in [6, 6.07) is 12.8. The van der Waals surface area contributed by atoms with Gasteiger partial charge in [-0.25, -0.2) is 0 Å². The third-order valence-corrected chi connectivity index (χ3v) is 2.99. The Morgan fingerprint density at radius 3 is 2.35 bits per heavy atom. The highest BCUT2D eigenvalue weighted by Crippen LogP contribution is 2.19. The number of fused-ring (bicyclic) bond motifs is 2. The van der Waals surface area contributed by atoms with Crippen molar-refractivity contribution in [3.8, 4) is 11.8 Å². The molecule has 1 heterocycles. The Morgan fingerprint density at radius 2 is 1.65 bits per heavy atom. The Balaban J connectivity index is 0.000000433. The Bertz CT molecular complexity index is 924. The Hall–Kier alpha value is -2.57. The van der Waals surface area contributed by atoms with Crippen molar-refractivity contribution in [1.82, 2.24) is 4.90 Å². The van der Waals surface area contributed by atoms with Crippen LogP contribution in [0.15, 0.2) is 51.7 Å². The fourth-order valence-electron chi connectivity index (χ4n) is 2.07. The first-order valence-corrected chi connectivity index (χ1v) is 7.58. The third-order valence-electron chi connectivity index (χ3n) is 2.99. The van der Waals surface area contributed by atoms with Crippen LogP contribution in [0.5, 0.6) is 0 Å². The molecule has 0 saturated heterocycles. The van der Waals surface area contributed by atoms with Gasteiger partial charge >= 0.3 is 0 Å². The van der Waals surface area contributed by atoms with Crippen molar-refractivity contribution in [3.05, 3.63) is 58.3 Å². The van der Waals surface area contributed by atoms with Gasteiger partial charge < -0.3 is 9.32 Å². The molecule has 0 saturated carbocycles. The monoisotopic (exact) mass is 307 g/mol. The van der Waals surface area contributed by atoms with E-state index in [4.69, 9.17) is 4.42 Å². The van der Waals surface area contributed by atoms with E-state index in [0.717, 1.165) is 12.0 Å². The highest BCUT2D eigenvalue weighted by atomic mass is 16.3. The smallest absolute Gasteiger partial charge is 0.200 e. The molecule has 118 valence electrons. The van der Waals surface area contributed by atoms with Crippen LogP contribution in [0.25, 0.3) is 21.9 Å². The van der Waals surface area contributed by atoms with Crippen LogP contribution in [0.2, 0.25) is 0 Å². The van der Waals surface area contributed by atoms with Crippen LogP contribution in [-0.4, -0.2) is 26.0 Å².